The second-order valence-electron chi connectivity index (χ2n) is 6.41. The molecule has 8 heteroatoms. The van der Waals surface area contributed by atoms with E-state index >= 15 is 0 Å². The second-order valence-corrected chi connectivity index (χ2v) is 6.81. The van der Waals surface area contributed by atoms with E-state index in [0.717, 1.165) is 6.07 Å². The molecule has 0 bridgehead atoms. The summed E-state index contributed by atoms with van der Waals surface area (Å²) in [6.45, 7) is 0. The Morgan fingerprint density at radius 3 is 2.47 bits per heavy atom. The highest BCUT2D eigenvalue weighted by molar-refractivity contribution is 6.32. The lowest BCUT2D eigenvalue weighted by molar-refractivity contribution is -0.384. The lowest BCUT2D eigenvalue weighted by Gasteiger charge is -2.13. The van der Waals surface area contributed by atoms with Crippen LogP contribution in [0.2, 0.25) is 5.02 Å². The Morgan fingerprint density at radius 2 is 1.77 bits per heavy atom. The molecule has 0 fully saturated rings. The Bertz CT molecular complexity index is 1360. The molecule has 0 unspecified atom stereocenters. The second kappa shape index (κ2) is 7.88. The average Bonchev–Trinajstić information content (AvgIpc) is 2.73. The van der Waals surface area contributed by atoms with Crippen LogP contribution in [0.15, 0.2) is 71.5 Å². The van der Waals surface area contributed by atoms with Gasteiger partial charge < -0.3 is 0 Å². The van der Waals surface area contributed by atoms with Gasteiger partial charge in [-0.3, -0.25) is 19.5 Å². The highest BCUT2D eigenvalue weighted by Crippen LogP contribution is 2.23. The Labute approximate surface area is 174 Å². The van der Waals surface area contributed by atoms with Crippen LogP contribution in [0.1, 0.15) is 11.4 Å². The first-order chi connectivity index (χ1) is 14.4. The van der Waals surface area contributed by atoms with E-state index in [-0.39, 0.29) is 22.1 Å². The number of fused-ring (bicyclic) bond motifs is 1. The van der Waals surface area contributed by atoms with Gasteiger partial charge in [-0.05, 0) is 54.1 Å². The van der Waals surface area contributed by atoms with E-state index < -0.39 is 10.7 Å². The van der Waals surface area contributed by atoms with Gasteiger partial charge in [-0.2, -0.15) is 0 Å². The van der Waals surface area contributed by atoms with Crippen molar-refractivity contribution < 1.29 is 9.31 Å². The fourth-order valence-corrected chi connectivity index (χ4v) is 3.29. The van der Waals surface area contributed by atoms with Crippen LogP contribution < -0.4 is 5.56 Å². The van der Waals surface area contributed by atoms with Crippen molar-refractivity contribution in [2.24, 2.45) is 0 Å². The maximum Gasteiger partial charge on any atom is 0.269 e. The topological polar surface area (TPSA) is 78.0 Å². The van der Waals surface area contributed by atoms with Crippen molar-refractivity contribution in [1.29, 1.82) is 0 Å². The molecule has 0 saturated carbocycles. The number of nitrogens with zero attached hydrogens (tertiary/aromatic N) is 3. The summed E-state index contributed by atoms with van der Waals surface area (Å²) in [5, 5.41) is 11.3. The molecule has 1 heterocycles. The van der Waals surface area contributed by atoms with Gasteiger partial charge >= 0.3 is 0 Å². The first kappa shape index (κ1) is 19.5. The average molecular weight is 422 g/mol. The summed E-state index contributed by atoms with van der Waals surface area (Å²) in [4.78, 5) is 28.1. The van der Waals surface area contributed by atoms with Crippen molar-refractivity contribution >= 4 is 40.3 Å². The molecule has 148 valence electrons. The van der Waals surface area contributed by atoms with E-state index in [1.54, 1.807) is 48.6 Å². The van der Waals surface area contributed by atoms with Gasteiger partial charge in [0.2, 0.25) is 0 Å². The summed E-state index contributed by atoms with van der Waals surface area (Å²) in [7, 11) is 0. The largest absolute Gasteiger partial charge is 0.269 e. The zero-order valence-electron chi connectivity index (χ0n) is 15.3. The Kier molecular flexibility index (Phi) is 5.12. The first-order valence-corrected chi connectivity index (χ1v) is 9.21. The summed E-state index contributed by atoms with van der Waals surface area (Å²) in [6, 6.07) is 16.6. The van der Waals surface area contributed by atoms with E-state index in [4.69, 9.17) is 11.6 Å². The minimum Gasteiger partial charge on any atom is -0.268 e. The normalized spacial score (nSPS) is 11.3. The summed E-state index contributed by atoms with van der Waals surface area (Å²) < 4.78 is 14.8. The fourth-order valence-electron chi connectivity index (χ4n) is 3.04. The zero-order chi connectivity index (χ0) is 21.3. The highest BCUT2D eigenvalue weighted by atomic mass is 35.5. The Morgan fingerprint density at radius 1 is 1.03 bits per heavy atom. The van der Waals surface area contributed by atoms with E-state index in [1.807, 2.05) is 0 Å². The van der Waals surface area contributed by atoms with Crippen LogP contribution in [0.4, 0.5) is 10.1 Å². The number of nitro benzene ring substituents is 1. The summed E-state index contributed by atoms with van der Waals surface area (Å²) in [5.41, 5.74) is 1.10. The smallest absolute Gasteiger partial charge is 0.268 e. The molecule has 0 aliphatic carbocycles. The van der Waals surface area contributed by atoms with E-state index in [0.29, 0.717) is 22.2 Å². The molecule has 6 nitrogen and oxygen atoms in total. The van der Waals surface area contributed by atoms with E-state index in [9.17, 15) is 19.3 Å². The number of aromatic nitrogens is 2. The van der Waals surface area contributed by atoms with Gasteiger partial charge in [-0.15, -0.1) is 0 Å². The quantitative estimate of drug-likeness (QED) is 0.333. The number of non-ortho nitro benzene ring substituents is 1. The van der Waals surface area contributed by atoms with Gasteiger partial charge in [0.15, 0.2) is 0 Å². The van der Waals surface area contributed by atoms with Crippen molar-refractivity contribution in [2.75, 3.05) is 0 Å². The van der Waals surface area contributed by atoms with Gasteiger partial charge in [-0.1, -0.05) is 29.8 Å². The van der Waals surface area contributed by atoms with Crippen LogP contribution >= 0.6 is 11.6 Å². The number of rotatable bonds is 4. The predicted octanol–water partition coefficient (Wildman–Crippen LogP) is 5.26. The third kappa shape index (κ3) is 3.70. The molecule has 0 N–H and O–H groups in total. The molecule has 0 aliphatic rings. The molecule has 0 amide bonds. The number of hydrogen-bond acceptors (Lipinski definition) is 4. The molecular formula is C22H13ClFN3O3. The molecule has 0 atom stereocenters. The number of para-hydroxylation sites is 1. The summed E-state index contributed by atoms with van der Waals surface area (Å²) in [6.07, 6.45) is 3.28. The monoisotopic (exact) mass is 421 g/mol. The van der Waals surface area contributed by atoms with Crippen molar-refractivity contribution in [3.8, 4) is 5.69 Å². The van der Waals surface area contributed by atoms with Crippen LogP contribution in [-0.2, 0) is 0 Å². The predicted molar refractivity (Wildman–Crippen MR) is 114 cm³/mol. The molecule has 0 radical (unpaired) electrons. The lowest BCUT2D eigenvalue weighted by Crippen LogP contribution is -2.22. The molecule has 0 aliphatic heterocycles. The maximum atomic E-state index is 13.5. The van der Waals surface area contributed by atoms with Gasteiger partial charge in [-0.25, -0.2) is 9.37 Å². The Balaban J connectivity index is 1.89. The van der Waals surface area contributed by atoms with Crippen LogP contribution in [0.5, 0.6) is 0 Å². The number of hydrogen-bond donors (Lipinski definition) is 0. The molecule has 4 aromatic rings. The Hall–Kier alpha value is -3.84. The standard InChI is InChI=1S/C22H13ClFN3O3/c23-18-13-15(24)8-11-20(18)26-21(25-19-4-2-1-3-17(19)22(26)28)12-7-14-5-9-16(10-6-14)27(29)30/h1-13H/b12-7+. The molecule has 4 rings (SSSR count). The number of benzene rings is 3. The third-order valence-electron chi connectivity index (χ3n) is 4.48. The van der Waals surface area contributed by atoms with Gasteiger partial charge in [0.1, 0.15) is 11.6 Å². The van der Waals surface area contributed by atoms with Crippen molar-refractivity contribution in [2.45, 2.75) is 0 Å². The third-order valence-corrected chi connectivity index (χ3v) is 4.78. The molecule has 1 aromatic heterocycles. The molecule has 30 heavy (non-hydrogen) atoms. The minimum atomic E-state index is -0.520. The first-order valence-electron chi connectivity index (χ1n) is 8.84. The molecule has 0 saturated heterocycles. The summed E-state index contributed by atoms with van der Waals surface area (Å²) in [5.74, 6) is -0.237. The fraction of sp³-hybridized carbons (Fsp3) is 0. The van der Waals surface area contributed by atoms with Crippen LogP contribution in [-0.4, -0.2) is 14.5 Å². The van der Waals surface area contributed by atoms with E-state index in [1.165, 1.54) is 28.8 Å². The lowest BCUT2D eigenvalue weighted by atomic mass is 10.2. The number of halogens is 2. The zero-order valence-corrected chi connectivity index (χ0v) is 16.1. The van der Waals surface area contributed by atoms with Gasteiger partial charge in [0, 0.05) is 12.1 Å². The maximum absolute atomic E-state index is 13.5. The van der Waals surface area contributed by atoms with Gasteiger partial charge in [0.25, 0.3) is 11.2 Å². The van der Waals surface area contributed by atoms with E-state index in [2.05, 4.69) is 4.98 Å². The minimum absolute atomic E-state index is 0.0222. The van der Waals surface area contributed by atoms with Crippen LogP contribution in [0.3, 0.4) is 0 Å². The van der Waals surface area contributed by atoms with Crippen molar-refractivity contribution in [3.05, 3.63) is 109 Å². The number of nitro groups is 1. The van der Waals surface area contributed by atoms with Crippen LogP contribution in [0, 0.1) is 15.9 Å². The molecule has 0 spiro atoms. The van der Waals surface area contributed by atoms with Gasteiger partial charge in [0.05, 0.1) is 26.5 Å². The molecule has 3 aromatic carbocycles. The summed E-state index contributed by atoms with van der Waals surface area (Å²) >= 11 is 6.21. The highest BCUT2D eigenvalue weighted by Gasteiger charge is 2.14. The van der Waals surface area contributed by atoms with Crippen LogP contribution in [0.25, 0.3) is 28.7 Å². The SMILES string of the molecule is O=c1c2ccccc2nc(/C=C/c2ccc([N+](=O)[O-])cc2)n1-c1ccc(F)cc1Cl. The van der Waals surface area contributed by atoms with Crippen molar-refractivity contribution in [1.82, 2.24) is 9.55 Å². The molecular weight excluding hydrogens is 409 g/mol. The van der Waals surface area contributed by atoms with Crippen molar-refractivity contribution in [3.63, 3.8) is 0 Å².